The molecule has 1 aromatic rings. The van der Waals surface area contributed by atoms with Crippen LogP contribution in [0, 0.1) is 23.2 Å². The minimum absolute atomic E-state index is 0.0905. The lowest BCUT2D eigenvalue weighted by Gasteiger charge is -2.53. The average molecular weight is 358 g/mol. The molecule has 2 N–H and O–H groups in total. The normalized spacial score (nSPS) is 38.2. The zero-order valence-corrected chi connectivity index (χ0v) is 15.8. The molecule has 2 saturated carbocycles. The third kappa shape index (κ3) is 2.74. The molecule has 0 radical (unpaired) electrons. The first-order valence-corrected chi connectivity index (χ1v) is 10.1. The first kappa shape index (κ1) is 17.8. The fourth-order valence-corrected chi connectivity index (χ4v) is 6.48. The van der Waals surface area contributed by atoms with E-state index in [1.54, 1.807) is 6.07 Å². The van der Waals surface area contributed by atoms with Crippen molar-refractivity contribution >= 4 is 5.97 Å². The molecule has 0 amide bonds. The van der Waals surface area contributed by atoms with Crippen LogP contribution in [0.3, 0.4) is 0 Å². The van der Waals surface area contributed by atoms with Crippen molar-refractivity contribution in [1.82, 2.24) is 0 Å². The number of phenolic OH excluding ortho intramolecular Hbond substituents is 1. The number of aliphatic hydroxyl groups is 1. The largest absolute Gasteiger partial charge is 0.508 e. The highest BCUT2D eigenvalue weighted by atomic mass is 16.5. The smallest absolute Gasteiger partial charge is 0.306 e. The zero-order chi connectivity index (χ0) is 18.5. The van der Waals surface area contributed by atoms with Crippen LogP contribution in [0.15, 0.2) is 18.2 Å². The van der Waals surface area contributed by atoms with Crippen LogP contribution in [0.1, 0.15) is 63.0 Å². The molecule has 4 heteroatoms. The Morgan fingerprint density at radius 3 is 2.88 bits per heavy atom. The van der Waals surface area contributed by atoms with Crippen molar-refractivity contribution in [1.29, 1.82) is 0 Å². The van der Waals surface area contributed by atoms with Gasteiger partial charge in [0.1, 0.15) is 5.75 Å². The van der Waals surface area contributed by atoms with Crippen molar-refractivity contribution in [2.45, 2.75) is 64.4 Å². The van der Waals surface area contributed by atoms with Gasteiger partial charge in [-0.1, -0.05) is 13.0 Å². The highest BCUT2D eigenvalue weighted by Crippen LogP contribution is 2.63. The number of aliphatic hydroxyl groups excluding tert-OH is 1. The molecule has 0 saturated heterocycles. The molecule has 3 aliphatic rings. The van der Waals surface area contributed by atoms with Crippen molar-refractivity contribution in [2.75, 3.05) is 6.61 Å². The molecule has 1 aromatic carbocycles. The number of hydrogen-bond acceptors (Lipinski definition) is 4. The minimum atomic E-state index is -0.264. The molecule has 6 atom stereocenters. The lowest BCUT2D eigenvalue weighted by molar-refractivity contribution is -0.146. The molecule has 3 aliphatic carbocycles. The second kappa shape index (κ2) is 6.56. The molecule has 0 spiro atoms. The van der Waals surface area contributed by atoms with Crippen LogP contribution in [-0.2, 0) is 16.0 Å². The van der Waals surface area contributed by atoms with Crippen molar-refractivity contribution < 1.29 is 19.7 Å². The molecule has 0 aromatic heterocycles. The maximum Gasteiger partial charge on any atom is 0.306 e. The van der Waals surface area contributed by atoms with E-state index in [0.717, 1.165) is 32.1 Å². The Bertz CT molecular complexity index is 699. The summed E-state index contributed by atoms with van der Waals surface area (Å²) in [7, 11) is 0. The van der Waals surface area contributed by atoms with Crippen molar-refractivity contribution in [3.8, 4) is 5.75 Å². The number of carbonyl (C=O) groups is 1. The summed E-state index contributed by atoms with van der Waals surface area (Å²) < 4.78 is 5.26. The number of carbonyl (C=O) groups excluding carboxylic acids is 1. The van der Waals surface area contributed by atoms with Crippen LogP contribution in [0.25, 0.3) is 0 Å². The van der Waals surface area contributed by atoms with Crippen LogP contribution in [0.2, 0.25) is 0 Å². The number of fused-ring (bicyclic) bond motifs is 5. The number of aryl methyl sites for hydroxylation is 1. The average Bonchev–Trinajstić information content (AvgIpc) is 2.89. The maximum atomic E-state index is 12.3. The topological polar surface area (TPSA) is 66.8 Å². The van der Waals surface area contributed by atoms with E-state index in [1.807, 2.05) is 13.0 Å². The SMILES string of the molecule is CCOC(=O)C[C@H]1CC2(C)C(O)CCC2C2CCc3cc(O)ccc3C21. The summed E-state index contributed by atoms with van der Waals surface area (Å²) in [6.45, 7) is 4.49. The molecule has 0 aliphatic heterocycles. The Morgan fingerprint density at radius 1 is 1.31 bits per heavy atom. The second-order valence-corrected chi connectivity index (χ2v) is 8.79. The standard InChI is InChI=1S/C22H30O4/c1-3-26-20(25)11-14-12-22(2)18(8-9-19(22)24)17-6-4-13-10-15(23)5-7-16(13)21(14)17/h5,7,10,14,17-19,21,23-24H,3-4,6,8-9,11-12H2,1-2H3/t14-,17?,18?,19?,21?,22?/m0/s1. The van der Waals surface area contributed by atoms with E-state index in [0.29, 0.717) is 36.5 Å². The van der Waals surface area contributed by atoms with Crippen molar-refractivity contribution in [3.63, 3.8) is 0 Å². The Labute approximate surface area is 155 Å². The van der Waals surface area contributed by atoms with E-state index >= 15 is 0 Å². The van der Waals surface area contributed by atoms with E-state index in [2.05, 4.69) is 13.0 Å². The number of hydrogen-bond donors (Lipinski definition) is 2. The first-order chi connectivity index (χ1) is 12.4. The van der Waals surface area contributed by atoms with Gasteiger partial charge in [-0.15, -0.1) is 0 Å². The highest BCUT2D eigenvalue weighted by molar-refractivity contribution is 5.70. The molecular weight excluding hydrogens is 328 g/mol. The van der Waals surface area contributed by atoms with Gasteiger partial charge < -0.3 is 14.9 Å². The Balaban J connectivity index is 1.73. The number of esters is 1. The first-order valence-electron chi connectivity index (χ1n) is 10.1. The van der Waals surface area contributed by atoms with Gasteiger partial charge in [0.2, 0.25) is 0 Å². The lowest BCUT2D eigenvalue weighted by atomic mass is 9.51. The number of benzene rings is 1. The van der Waals surface area contributed by atoms with Gasteiger partial charge in [0.05, 0.1) is 12.7 Å². The van der Waals surface area contributed by atoms with Crippen LogP contribution in [0.4, 0.5) is 0 Å². The number of aromatic hydroxyl groups is 1. The molecule has 0 bridgehead atoms. The fourth-order valence-electron chi connectivity index (χ4n) is 6.48. The van der Waals surface area contributed by atoms with Gasteiger partial charge in [-0.05, 0) is 91.4 Å². The van der Waals surface area contributed by atoms with Gasteiger partial charge in [-0.3, -0.25) is 4.79 Å². The molecule has 4 rings (SSSR count). The summed E-state index contributed by atoms with van der Waals surface area (Å²) in [6.07, 6.45) is 5.04. The van der Waals surface area contributed by atoms with Crippen LogP contribution >= 0.6 is 0 Å². The predicted molar refractivity (Wildman–Crippen MR) is 98.9 cm³/mol. The van der Waals surface area contributed by atoms with Crippen LogP contribution < -0.4 is 0 Å². The van der Waals surface area contributed by atoms with Crippen LogP contribution in [0.5, 0.6) is 5.75 Å². The van der Waals surface area contributed by atoms with E-state index in [9.17, 15) is 15.0 Å². The molecule has 26 heavy (non-hydrogen) atoms. The fraction of sp³-hybridized carbons (Fsp3) is 0.682. The van der Waals surface area contributed by atoms with E-state index in [-0.39, 0.29) is 23.4 Å². The summed E-state index contributed by atoms with van der Waals surface area (Å²) >= 11 is 0. The van der Waals surface area contributed by atoms with Gasteiger partial charge in [-0.25, -0.2) is 0 Å². The van der Waals surface area contributed by atoms with Crippen LogP contribution in [-0.4, -0.2) is 28.9 Å². The second-order valence-electron chi connectivity index (χ2n) is 8.79. The Morgan fingerprint density at radius 2 is 2.12 bits per heavy atom. The monoisotopic (exact) mass is 358 g/mol. The quantitative estimate of drug-likeness (QED) is 0.807. The number of ether oxygens (including phenoxy) is 1. The highest BCUT2D eigenvalue weighted by Gasteiger charge is 2.57. The Hall–Kier alpha value is -1.55. The molecule has 2 fully saturated rings. The van der Waals surface area contributed by atoms with E-state index < -0.39 is 0 Å². The third-order valence-electron chi connectivity index (χ3n) is 7.51. The van der Waals surface area contributed by atoms with Gasteiger partial charge in [0.15, 0.2) is 0 Å². The molecular formula is C22H30O4. The number of rotatable bonds is 3. The maximum absolute atomic E-state index is 12.3. The van der Waals surface area contributed by atoms with E-state index in [4.69, 9.17) is 4.74 Å². The van der Waals surface area contributed by atoms with E-state index in [1.165, 1.54) is 11.1 Å². The third-order valence-corrected chi connectivity index (χ3v) is 7.51. The summed E-state index contributed by atoms with van der Waals surface area (Å²) in [4.78, 5) is 12.3. The molecule has 142 valence electrons. The molecule has 0 heterocycles. The lowest BCUT2D eigenvalue weighted by Crippen LogP contribution is -2.48. The van der Waals surface area contributed by atoms with Crippen molar-refractivity contribution in [3.05, 3.63) is 29.3 Å². The molecule has 5 unspecified atom stereocenters. The zero-order valence-electron chi connectivity index (χ0n) is 15.8. The van der Waals surface area contributed by atoms with Crippen molar-refractivity contribution in [2.24, 2.45) is 23.2 Å². The predicted octanol–water partition coefficient (Wildman–Crippen LogP) is 3.79. The molecule has 4 nitrogen and oxygen atoms in total. The summed E-state index contributed by atoms with van der Waals surface area (Å²) in [5.41, 5.74) is 2.44. The Kier molecular flexibility index (Phi) is 4.50. The summed E-state index contributed by atoms with van der Waals surface area (Å²) in [6, 6.07) is 5.73. The van der Waals surface area contributed by atoms with Gasteiger partial charge in [0.25, 0.3) is 0 Å². The summed E-state index contributed by atoms with van der Waals surface area (Å²) in [5, 5.41) is 20.6. The summed E-state index contributed by atoms with van der Waals surface area (Å²) in [5.74, 6) is 1.73. The minimum Gasteiger partial charge on any atom is -0.508 e. The van der Waals surface area contributed by atoms with Gasteiger partial charge >= 0.3 is 5.97 Å². The van der Waals surface area contributed by atoms with Gasteiger partial charge in [0, 0.05) is 6.42 Å². The van der Waals surface area contributed by atoms with Gasteiger partial charge in [-0.2, -0.15) is 0 Å². The number of phenols is 1.